The average molecular weight is 335 g/mol. The molecule has 0 amide bonds. The van der Waals surface area contributed by atoms with Crippen LogP contribution in [0.3, 0.4) is 0 Å². The van der Waals surface area contributed by atoms with Gasteiger partial charge in [-0.1, -0.05) is 0 Å². The number of ether oxygens (including phenoxy) is 1. The van der Waals surface area contributed by atoms with E-state index in [9.17, 15) is 31.2 Å². The molecule has 2 N–H and O–H groups in total. The van der Waals surface area contributed by atoms with E-state index in [1.807, 2.05) is 0 Å². The van der Waals surface area contributed by atoms with E-state index in [1.54, 1.807) is 20.8 Å². The molecule has 0 fully saturated rings. The second-order valence-corrected chi connectivity index (χ2v) is 6.79. The number of nitrogens with one attached hydrogen (secondary N) is 1. The van der Waals surface area contributed by atoms with Crippen molar-refractivity contribution in [3.8, 4) is 0 Å². The number of hydrogen-bond acceptors (Lipinski definition) is 5. The molecule has 0 aromatic carbocycles. The van der Waals surface area contributed by atoms with E-state index in [2.05, 4.69) is 0 Å². The van der Waals surface area contributed by atoms with Crippen molar-refractivity contribution in [2.24, 2.45) is 0 Å². The molecule has 0 radical (unpaired) electrons. The van der Waals surface area contributed by atoms with E-state index in [1.165, 1.54) is 0 Å². The van der Waals surface area contributed by atoms with Crippen LogP contribution in [-0.2, 0) is 24.3 Å². The largest absolute Gasteiger partial charge is 0.511 e. The van der Waals surface area contributed by atoms with Gasteiger partial charge in [0.25, 0.3) is 0 Å². The Morgan fingerprint density at radius 2 is 1.71 bits per heavy atom. The van der Waals surface area contributed by atoms with Crippen LogP contribution in [-0.4, -0.2) is 42.6 Å². The van der Waals surface area contributed by atoms with Gasteiger partial charge in [-0.2, -0.15) is 17.9 Å². The molecule has 0 saturated heterocycles. The maximum absolute atomic E-state index is 12.1. The Hall–Kier alpha value is -1.36. The van der Waals surface area contributed by atoms with Crippen LogP contribution in [0, 0.1) is 0 Å². The number of alkyl halides is 3. The minimum Gasteiger partial charge on any atom is -0.480 e. The standard InChI is InChI=1S/C10H16F3NO6S/c1-9(2,3)20-7(15)5-4-6(8(16)17)14-21(18,19)10(11,12)13/h6,14H,4-5H2,1-3H3,(H,16,17)/t6-/m1/s1. The van der Waals surface area contributed by atoms with Crippen molar-refractivity contribution in [3.05, 3.63) is 0 Å². The molecule has 21 heavy (non-hydrogen) atoms. The Kier molecular flexibility index (Phi) is 6.17. The lowest BCUT2D eigenvalue weighted by Crippen LogP contribution is -2.46. The maximum Gasteiger partial charge on any atom is 0.511 e. The van der Waals surface area contributed by atoms with Crippen LogP contribution in [0.5, 0.6) is 0 Å². The van der Waals surface area contributed by atoms with Gasteiger partial charge in [-0.15, -0.1) is 0 Å². The molecule has 0 aromatic rings. The summed E-state index contributed by atoms with van der Waals surface area (Å²) >= 11 is 0. The van der Waals surface area contributed by atoms with Crippen LogP contribution in [0.4, 0.5) is 13.2 Å². The number of carboxylic acid groups (broad SMARTS) is 1. The first-order valence-electron chi connectivity index (χ1n) is 5.69. The summed E-state index contributed by atoms with van der Waals surface area (Å²) in [5.41, 5.74) is -6.48. The quantitative estimate of drug-likeness (QED) is 0.701. The van der Waals surface area contributed by atoms with Gasteiger partial charge in [0.15, 0.2) is 0 Å². The number of carboxylic acids is 1. The fourth-order valence-corrected chi connectivity index (χ4v) is 1.87. The van der Waals surface area contributed by atoms with Crippen molar-refractivity contribution in [1.29, 1.82) is 0 Å². The zero-order valence-corrected chi connectivity index (χ0v) is 12.3. The number of aliphatic carboxylic acids is 1. The minimum atomic E-state index is -5.81. The molecule has 0 spiro atoms. The zero-order valence-electron chi connectivity index (χ0n) is 11.5. The Bertz CT molecular complexity index is 494. The van der Waals surface area contributed by atoms with Gasteiger partial charge in [0, 0.05) is 6.42 Å². The first-order chi connectivity index (χ1) is 9.16. The van der Waals surface area contributed by atoms with Crippen LogP contribution >= 0.6 is 0 Å². The molecule has 0 aliphatic carbocycles. The lowest BCUT2D eigenvalue weighted by Gasteiger charge is -2.20. The van der Waals surface area contributed by atoms with Crippen molar-refractivity contribution >= 4 is 22.0 Å². The van der Waals surface area contributed by atoms with Gasteiger partial charge in [-0.25, -0.2) is 8.42 Å². The lowest BCUT2D eigenvalue weighted by molar-refractivity contribution is -0.155. The molecular formula is C10H16F3NO6S. The fourth-order valence-electron chi connectivity index (χ4n) is 1.14. The number of esters is 1. The summed E-state index contributed by atoms with van der Waals surface area (Å²) in [7, 11) is -5.81. The summed E-state index contributed by atoms with van der Waals surface area (Å²) < 4.78 is 63.9. The van der Waals surface area contributed by atoms with E-state index < -0.39 is 52.0 Å². The van der Waals surface area contributed by atoms with Gasteiger partial charge in [0.05, 0.1) is 0 Å². The second kappa shape index (κ2) is 6.60. The Morgan fingerprint density at radius 3 is 2.05 bits per heavy atom. The molecule has 0 aromatic heterocycles. The van der Waals surface area contributed by atoms with Gasteiger partial charge in [0.1, 0.15) is 11.6 Å². The number of halogens is 3. The van der Waals surface area contributed by atoms with Gasteiger partial charge in [-0.05, 0) is 27.2 Å². The molecule has 0 saturated carbocycles. The highest BCUT2D eigenvalue weighted by Gasteiger charge is 2.47. The molecule has 0 heterocycles. The highest BCUT2D eigenvalue weighted by Crippen LogP contribution is 2.22. The summed E-state index contributed by atoms with van der Waals surface area (Å²) in [4.78, 5) is 22.1. The van der Waals surface area contributed by atoms with Gasteiger partial charge in [-0.3, -0.25) is 9.59 Å². The molecule has 7 nitrogen and oxygen atoms in total. The molecule has 124 valence electrons. The molecule has 0 aliphatic heterocycles. The number of rotatable bonds is 6. The molecule has 0 rings (SSSR count). The Balaban J connectivity index is 4.75. The Labute approximate surface area is 119 Å². The number of hydrogen-bond donors (Lipinski definition) is 2. The second-order valence-electron chi connectivity index (χ2n) is 5.08. The van der Waals surface area contributed by atoms with Gasteiger partial charge < -0.3 is 9.84 Å². The molecule has 0 unspecified atom stereocenters. The topological polar surface area (TPSA) is 110 Å². The van der Waals surface area contributed by atoms with Crippen molar-refractivity contribution in [1.82, 2.24) is 4.72 Å². The van der Waals surface area contributed by atoms with Gasteiger partial charge >= 0.3 is 27.5 Å². The first kappa shape index (κ1) is 19.6. The van der Waals surface area contributed by atoms with Crippen LogP contribution in [0.25, 0.3) is 0 Å². The smallest absolute Gasteiger partial charge is 0.480 e. The molecule has 0 aliphatic rings. The fraction of sp³-hybridized carbons (Fsp3) is 0.800. The third-order valence-electron chi connectivity index (χ3n) is 1.96. The third kappa shape index (κ3) is 7.27. The van der Waals surface area contributed by atoms with Crippen LogP contribution in [0.15, 0.2) is 0 Å². The predicted molar refractivity (Wildman–Crippen MR) is 64.6 cm³/mol. The Morgan fingerprint density at radius 1 is 1.24 bits per heavy atom. The summed E-state index contributed by atoms with van der Waals surface area (Å²) in [5.74, 6) is -2.67. The molecule has 11 heteroatoms. The van der Waals surface area contributed by atoms with Crippen LogP contribution < -0.4 is 4.72 Å². The lowest BCUT2D eigenvalue weighted by atomic mass is 10.1. The van der Waals surface area contributed by atoms with Crippen molar-refractivity contribution < 1.29 is 41.0 Å². The van der Waals surface area contributed by atoms with E-state index in [0.29, 0.717) is 0 Å². The highest BCUT2D eigenvalue weighted by molar-refractivity contribution is 7.90. The highest BCUT2D eigenvalue weighted by atomic mass is 32.2. The summed E-state index contributed by atoms with van der Waals surface area (Å²) in [6.45, 7) is 4.64. The summed E-state index contributed by atoms with van der Waals surface area (Å²) in [6, 6.07) is -2.08. The maximum atomic E-state index is 12.1. The SMILES string of the molecule is CC(C)(C)OC(=O)CC[C@@H](NS(=O)(=O)C(F)(F)F)C(=O)O. The van der Waals surface area contributed by atoms with E-state index in [4.69, 9.17) is 9.84 Å². The van der Waals surface area contributed by atoms with Crippen LogP contribution in [0.2, 0.25) is 0 Å². The zero-order chi connectivity index (χ0) is 17.1. The number of sulfonamides is 1. The normalized spacial score (nSPS) is 14.6. The van der Waals surface area contributed by atoms with Crippen molar-refractivity contribution in [2.45, 2.75) is 50.8 Å². The average Bonchev–Trinajstić information content (AvgIpc) is 2.19. The van der Waals surface area contributed by atoms with Crippen molar-refractivity contribution in [3.63, 3.8) is 0 Å². The first-order valence-corrected chi connectivity index (χ1v) is 7.17. The van der Waals surface area contributed by atoms with Crippen molar-refractivity contribution in [2.75, 3.05) is 0 Å². The molecule has 1 atom stereocenters. The monoisotopic (exact) mass is 335 g/mol. The number of carbonyl (C=O) groups is 2. The van der Waals surface area contributed by atoms with Crippen LogP contribution in [0.1, 0.15) is 33.6 Å². The summed E-state index contributed by atoms with van der Waals surface area (Å²) in [6.07, 6.45) is -1.21. The van der Waals surface area contributed by atoms with E-state index in [0.717, 1.165) is 4.72 Å². The summed E-state index contributed by atoms with van der Waals surface area (Å²) in [5, 5.41) is 8.70. The molecular weight excluding hydrogens is 319 g/mol. The van der Waals surface area contributed by atoms with E-state index >= 15 is 0 Å². The minimum absolute atomic E-state index is 0.547. The third-order valence-corrected chi connectivity index (χ3v) is 3.16. The predicted octanol–water partition coefficient (Wildman–Crippen LogP) is 1.00. The molecule has 0 bridgehead atoms. The number of carbonyl (C=O) groups excluding carboxylic acids is 1. The van der Waals surface area contributed by atoms with E-state index in [-0.39, 0.29) is 0 Å². The van der Waals surface area contributed by atoms with Gasteiger partial charge in [0.2, 0.25) is 0 Å².